The van der Waals surface area contributed by atoms with Gasteiger partial charge in [0.1, 0.15) is 0 Å². The molecule has 1 aromatic carbocycles. The highest BCUT2D eigenvalue weighted by Gasteiger charge is 2.14. The van der Waals surface area contributed by atoms with E-state index in [0.29, 0.717) is 12.0 Å². The van der Waals surface area contributed by atoms with Gasteiger partial charge in [-0.05, 0) is 50.4 Å². The zero-order valence-electron chi connectivity index (χ0n) is 13.5. The van der Waals surface area contributed by atoms with Crippen LogP contribution in [0.5, 0.6) is 0 Å². The van der Waals surface area contributed by atoms with Gasteiger partial charge in [-0.25, -0.2) is 0 Å². The Morgan fingerprint density at radius 2 is 1.90 bits per heavy atom. The first kappa shape index (κ1) is 17.5. The molecule has 0 amide bonds. The average Bonchev–Trinajstić information content (AvgIpc) is 2.37. The van der Waals surface area contributed by atoms with Crippen LogP contribution in [-0.4, -0.2) is 19.1 Å². The fourth-order valence-electron chi connectivity index (χ4n) is 2.35. The molecule has 20 heavy (non-hydrogen) atoms. The summed E-state index contributed by atoms with van der Waals surface area (Å²) >= 11 is 3.61. The number of nitrogens with one attached hydrogen (secondary N) is 1. The van der Waals surface area contributed by atoms with Crippen LogP contribution < -0.4 is 10.2 Å². The third-order valence-electron chi connectivity index (χ3n) is 3.31. The normalized spacial score (nSPS) is 11.4. The Labute approximate surface area is 133 Å². The lowest BCUT2D eigenvalue weighted by atomic mass is 10.1. The van der Waals surface area contributed by atoms with E-state index in [1.807, 2.05) is 0 Å². The molecular formula is C17H29BrN2. The second-order valence-electron chi connectivity index (χ2n) is 6.08. The predicted octanol–water partition coefficient (Wildman–Crippen LogP) is 4.82. The molecule has 0 heterocycles. The third kappa shape index (κ3) is 5.45. The van der Waals surface area contributed by atoms with E-state index in [1.165, 1.54) is 17.7 Å². The van der Waals surface area contributed by atoms with Crippen molar-refractivity contribution in [2.45, 2.75) is 53.6 Å². The van der Waals surface area contributed by atoms with Gasteiger partial charge in [0.25, 0.3) is 0 Å². The minimum atomic E-state index is 0.521. The predicted molar refractivity (Wildman–Crippen MR) is 93.5 cm³/mol. The highest BCUT2D eigenvalue weighted by molar-refractivity contribution is 9.10. The molecule has 1 aromatic rings. The lowest BCUT2D eigenvalue weighted by molar-refractivity contribution is 0.551. The van der Waals surface area contributed by atoms with Gasteiger partial charge in [-0.15, -0.1) is 0 Å². The standard InChI is InChI=1S/C17H29BrN2/c1-6-9-20(14(4)5)17-10-16(18)8-7-15(17)12-19-11-13(2)3/h7-8,10,13-14,19H,6,9,11-12H2,1-5H3. The van der Waals surface area contributed by atoms with E-state index in [9.17, 15) is 0 Å². The second-order valence-corrected chi connectivity index (χ2v) is 7.00. The lowest BCUT2D eigenvalue weighted by Gasteiger charge is -2.31. The summed E-state index contributed by atoms with van der Waals surface area (Å²) in [5.41, 5.74) is 2.74. The minimum absolute atomic E-state index is 0.521. The highest BCUT2D eigenvalue weighted by Crippen LogP contribution is 2.27. The molecule has 0 aliphatic heterocycles. The van der Waals surface area contributed by atoms with E-state index < -0.39 is 0 Å². The third-order valence-corrected chi connectivity index (χ3v) is 3.81. The first-order valence-electron chi connectivity index (χ1n) is 7.71. The number of hydrogen-bond donors (Lipinski definition) is 1. The summed E-state index contributed by atoms with van der Waals surface area (Å²) in [5, 5.41) is 3.55. The topological polar surface area (TPSA) is 15.3 Å². The molecule has 0 saturated heterocycles. The van der Waals surface area contributed by atoms with Gasteiger partial charge < -0.3 is 10.2 Å². The van der Waals surface area contributed by atoms with Crippen LogP contribution in [0.25, 0.3) is 0 Å². The van der Waals surface area contributed by atoms with Gasteiger partial charge in [-0.1, -0.05) is 42.8 Å². The molecule has 0 aliphatic carbocycles. The Hall–Kier alpha value is -0.540. The fraction of sp³-hybridized carbons (Fsp3) is 0.647. The van der Waals surface area contributed by atoms with Gasteiger partial charge >= 0.3 is 0 Å². The zero-order chi connectivity index (χ0) is 15.1. The maximum Gasteiger partial charge on any atom is 0.0425 e. The van der Waals surface area contributed by atoms with Crippen LogP contribution in [-0.2, 0) is 6.54 Å². The number of nitrogens with zero attached hydrogens (tertiary/aromatic N) is 1. The van der Waals surface area contributed by atoms with Crippen molar-refractivity contribution >= 4 is 21.6 Å². The van der Waals surface area contributed by atoms with Crippen LogP contribution >= 0.6 is 15.9 Å². The van der Waals surface area contributed by atoms with Gasteiger partial charge in [-0.2, -0.15) is 0 Å². The highest BCUT2D eigenvalue weighted by atomic mass is 79.9. The summed E-state index contributed by atoms with van der Waals surface area (Å²) in [6.07, 6.45) is 1.17. The molecule has 2 nitrogen and oxygen atoms in total. The smallest absolute Gasteiger partial charge is 0.0425 e. The Morgan fingerprint density at radius 3 is 2.45 bits per heavy atom. The van der Waals surface area contributed by atoms with E-state index in [-0.39, 0.29) is 0 Å². The fourth-order valence-corrected chi connectivity index (χ4v) is 2.70. The van der Waals surface area contributed by atoms with Crippen molar-refractivity contribution in [2.24, 2.45) is 5.92 Å². The Morgan fingerprint density at radius 1 is 1.20 bits per heavy atom. The van der Waals surface area contributed by atoms with Gasteiger partial charge in [0.15, 0.2) is 0 Å². The molecule has 0 saturated carbocycles. The number of hydrogen-bond acceptors (Lipinski definition) is 2. The molecule has 0 bridgehead atoms. The first-order chi connectivity index (χ1) is 9.45. The van der Waals surface area contributed by atoms with Crippen LogP contribution in [0.2, 0.25) is 0 Å². The van der Waals surface area contributed by atoms with E-state index in [4.69, 9.17) is 0 Å². The van der Waals surface area contributed by atoms with E-state index in [2.05, 4.69) is 79.0 Å². The number of anilines is 1. The molecule has 1 rings (SSSR count). The summed E-state index contributed by atoms with van der Waals surface area (Å²) in [5.74, 6) is 0.686. The van der Waals surface area contributed by atoms with Gasteiger partial charge in [0, 0.05) is 29.3 Å². The van der Waals surface area contributed by atoms with Crippen molar-refractivity contribution < 1.29 is 0 Å². The molecule has 0 aliphatic rings. The summed E-state index contributed by atoms with van der Waals surface area (Å²) in [4.78, 5) is 2.50. The van der Waals surface area contributed by atoms with Gasteiger partial charge in [-0.3, -0.25) is 0 Å². The number of benzene rings is 1. The molecule has 0 atom stereocenters. The molecule has 3 heteroatoms. The van der Waals surface area contributed by atoms with E-state index in [1.54, 1.807) is 0 Å². The van der Waals surface area contributed by atoms with E-state index >= 15 is 0 Å². The molecule has 0 radical (unpaired) electrons. The summed E-state index contributed by atoms with van der Waals surface area (Å²) < 4.78 is 1.15. The van der Waals surface area contributed by atoms with Gasteiger partial charge in [0.05, 0.1) is 0 Å². The van der Waals surface area contributed by atoms with Crippen molar-refractivity contribution in [3.63, 3.8) is 0 Å². The maximum absolute atomic E-state index is 3.61. The first-order valence-corrected chi connectivity index (χ1v) is 8.50. The van der Waals surface area contributed by atoms with Crippen molar-refractivity contribution in [3.05, 3.63) is 28.2 Å². The number of halogens is 1. The minimum Gasteiger partial charge on any atom is -0.369 e. The molecule has 0 unspecified atom stereocenters. The Balaban J connectivity index is 2.93. The van der Waals surface area contributed by atoms with Crippen LogP contribution in [0, 0.1) is 5.92 Å². The van der Waals surface area contributed by atoms with Crippen molar-refractivity contribution in [1.29, 1.82) is 0 Å². The molecule has 1 N–H and O–H groups in total. The van der Waals surface area contributed by atoms with E-state index in [0.717, 1.165) is 24.1 Å². The lowest BCUT2D eigenvalue weighted by Crippen LogP contribution is -2.33. The summed E-state index contributed by atoms with van der Waals surface area (Å²) in [6.45, 7) is 14.4. The summed E-state index contributed by atoms with van der Waals surface area (Å²) in [6, 6.07) is 7.15. The molecule has 114 valence electrons. The number of rotatable bonds is 8. The molecule has 0 aromatic heterocycles. The van der Waals surface area contributed by atoms with Crippen molar-refractivity contribution in [2.75, 3.05) is 18.0 Å². The van der Waals surface area contributed by atoms with Crippen LogP contribution in [0.4, 0.5) is 5.69 Å². The molecular weight excluding hydrogens is 312 g/mol. The average molecular weight is 341 g/mol. The summed E-state index contributed by atoms with van der Waals surface area (Å²) in [7, 11) is 0. The molecule has 0 spiro atoms. The van der Waals surface area contributed by atoms with Crippen LogP contribution in [0.1, 0.15) is 46.6 Å². The van der Waals surface area contributed by atoms with Crippen LogP contribution in [0.3, 0.4) is 0 Å². The zero-order valence-corrected chi connectivity index (χ0v) is 15.1. The van der Waals surface area contributed by atoms with Crippen LogP contribution in [0.15, 0.2) is 22.7 Å². The van der Waals surface area contributed by atoms with Gasteiger partial charge in [0.2, 0.25) is 0 Å². The Kier molecular flexibility index (Phi) is 7.60. The monoisotopic (exact) mass is 340 g/mol. The quantitative estimate of drug-likeness (QED) is 0.729. The second kappa shape index (κ2) is 8.68. The molecule has 0 fully saturated rings. The van der Waals surface area contributed by atoms with Crippen molar-refractivity contribution in [3.8, 4) is 0 Å². The largest absolute Gasteiger partial charge is 0.369 e. The Bertz CT molecular complexity index is 402. The maximum atomic E-state index is 3.61. The van der Waals surface area contributed by atoms with Crippen molar-refractivity contribution in [1.82, 2.24) is 5.32 Å². The SMILES string of the molecule is CCCN(c1cc(Br)ccc1CNCC(C)C)C(C)C.